The van der Waals surface area contributed by atoms with E-state index in [9.17, 15) is 5.11 Å². The average Bonchev–Trinajstić information content (AvgIpc) is 2.39. The molecule has 0 aliphatic carbocycles. The van der Waals surface area contributed by atoms with Gasteiger partial charge in [-0.3, -0.25) is 4.90 Å². The van der Waals surface area contributed by atoms with E-state index in [-0.39, 0.29) is 6.10 Å². The standard InChI is InChI=1S/C14H20N2O2S/c1-10-8-16(6-7-18-10)9-13(17)11-2-4-12(5-3-11)14(15)19/h2-5,10,13,17H,6-9H2,1H3,(H2,15,19). The number of ether oxygens (including phenoxy) is 1. The molecule has 0 saturated carbocycles. The highest BCUT2D eigenvalue weighted by Crippen LogP contribution is 2.17. The van der Waals surface area contributed by atoms with Crippen molar-refractivity contribution in [2.45, 2.75) is 19.1 Å². The molecule has 0 radical (unpaired) electrons. The van der Waals surface area contributed by atoms with Gasteiger partial charge in [-0.1, -0.05) is 36.5 Å². The fourth-order valence-electron chi connectivity index (χ4n) is 2.28. The third-order valence-corrected chi connectivity index (χ3v) is 3.57. The molecule has 0 bridgehead atoms. The summed E-state index contributed by atoms with van der Waals surface area (Å²) in [5.74, 6) is 0. The molecule has 2 rings (SSSR count). The van der Waals surface area contributed by atoms with Crippen LogP contribution < -0.4 is 5.73 Å². The molecule has 1 saturated heterocycles. The van der Waals surface area contributed by atoms with Crippen molar-refractivity contribution >= 4 is 17.2 Å². The van der Waals surface area contributed by atoms with Gasteiger partial charge in [-0.15, -0.1) is 0 Å². The molecule has 2 unspecified atom stereocenters. The number of aliphatic hydroxyl groups excluding tert-OH is 1. The van der Waals surface area contributed by atoms with Gasteiger partial charge in [0, 0.05) is 25.2 Å². The van der Waals surface area contributed by atoms with Crippen molar-refractivity contribution in [3.8, 4) is 0 Å². The minimum atomic E-state index is -0.495. The Morgan fingerprint density at radius 3 is 2.79 bits per heavy atom. The highest BCUT2D eigenvalue weighted by Gasteiger charge is 2.19. The zero-order valence-electron chi connectivity index (χ0n) is 11.1. The van der Waals surface area contributed by atoms with Gasteiger partial charge < -0.3 is 15.6 Å². The van der Waals surface area contributed by atoms with Gasteiger partial charge in [-0.2, -0.15) is 0 Å². The number of rotatable bonds is 4. The minimum absolute atomic E-state index is 0.234. The summed E-state index contributed by atoms with van der Waals surface area (Å²) in [7, 11) is 0. The lowest BCUT2D eigenvalue weighted by atomic mass is 10.1. The van der Waals surface area contributed by atoms with Crippen molar-refractivity contribution in [2.75, 3.05) is 26.2 Å². The molecule has 0 aromatic heterocycles. The second-order valence-electron chi connectivity index (χ2n) is 4.94. The molecular formula is C14H20N2O2S. The van der Waals surface area contributed by atoms with E-state index in [0.717, 1.165) is 30.8 Å². The van der Waals surface area contributed by atoms with Gasteiger partial charge in [-0.05, 0) is 12.5 Å². The third kappa shape index (κ3) is 3.98. The first-order valence-corrected chi connectivity index (χ1v) is 6.89. The Bertz CT molecular complexity index is 436. The molecular weight excluding hydrogens is 260 g/mol. The molecule has 5 heteroatoms. The number of aliphatic hydroxyl groups is 1. The second-order valence-corrected chi connectivity index (χ2v) is 5.38. The van der Waals surface area contributed by atoms with Crippen LogP contribution in [0.25, 0.3) is 0 Å². The molecule has 1 aliphatic heterocycles. The van der Waals surface area contributed by atoms with Crippen LogP contribution in [0, 0.1) is 0 Å². The highest BCUT2D eigenvalue weighted by molar-refractivity contribution is 7.80. The van der Waals surface area contributed by atoms with Crippen LogP contribution in [0.2, 0.25) is 0 Å². The summed E-state index contributed by atoms with van der Waals surface area (Å²) in [6.07, 6.45) is -0.261. The molecule has 1 heterocycles. The van der Waals surface area contributed by atoms with Crippen molar-refractivity contribution in [2.24, 2.45) is 5.73 Å². The van der Waals surface area contributed by atoms with Gasteiger partial charge in [0.2, 0.25) is 0 Å². The van der Waals surface area contributed by atoms with E-state index in [4.69, 9.17) is 22.7 Å². The van der Waals surface area contributed by atoms with Crippen molar-refractivity contribution in [3.63, 3.8) is 0 Å². The first-order valence-electron chi connectivity index (χ1n) is 6.48. The normalized spacial score (nSPS) is 22.1. The molecule has 104 valence electrons. The molecule has 1 aromatic carbocycles. The van der Waals surface area contributed by atoms with Crippen LogP contribution in [0.5, 0.6) is 0 Å². The fraction of sp³-hybridized carbons (Fsp3) is 0.500. The van der Waals surface area contributed by atoms with E-state index in [1.165, 1.54) is 0 Å². The number of nitrogens with two attached hydrogens (primary N) is 1. The second kappa shape index (κ2) is 6.43. The largest absolute Gasteiger partial charge is 0.389 e. The summed E-state index contributed by atoms with van der Waals surface area (Å²) in [6, 6.07) is 7.46. The van der Waals surface area contributed by atoms with E-state index in [2.05, 4.69) is 11.8 Å². The Morgan fingerprint density at radius 1 is 1.53 bits per heavy atom. The molecule has 19 heavy (non-hydrogen) atoms. The lowest BCUT2D eigenvalue weighted by Crippen LogP contribution is -2.42. The van der Waals surface area contributed by atoms with E-state index in [1.807, 2.05) is 24.3 Å². The van der Waals surface area contributed by atoms with Gasteiger partial charge in [0.1, 0.15) is 4.99 Å². The van der Waals surface area contributed by atoms with Crippen LogP contribution in [0.15, 0.2) is 24.3 Å². The molecule has 4 nitrogen and oxygen atoms in total. The van der Waals surface area contributed by atoms with Crippen LogP contribution in [0.3, 0.4) is 0 Å². The third-order valence-electron chi connectivity index (χ3n) is 3.34. The Labute approximate surface area is 119 Å². The molecule has 1 aliphatic rings. The summed E-state index contributed by atoms with van der Waals surface area (Å²) >= 11 is 4.91. The number of hydrogen-bond donors (Lipinski definition) is 2. The first-order chi connectivity index (χ1) is 9.06. The van der Waals surface area contributed by atoms with Gasteiger partial charge in [-0.25, -0.2) is 0 Å². The monoisotopic (exact) mass is 280 g/mol. The lowest BCUT2D eigenvalue weighted by molar-refractivity contribution is -0.0319. The summed E-state index contributed by atoms with van der Waals surface area (Å²) in [4.78, 5) is 2.60. The number of β-amino-alcohol motifs (C(OH)–C–C–N with tert-alkyl or cyclic N) is 1. The first kappa shape index (κ1) is 14.4. The van der Waals surface area contributed by atoms with Crippen LogP contribution in [-0.4, -0.2) is 47.3 Å². The van der Waals surface area contributed by atoms with Crippen LogP contribution in [0.1, 0.15) is 24.2 Å². The number of thiocarbonyl (C=S) groups is 1. The van der Waals surface area contributed by atoms with Crippen LogP contribution >= 0.6 is 12.2 Å². The highest BCUT2D eigenvalue weighted by atomic mass is 32.1. The number of morpholine rings is 1. The zero-order chi connectivity index (χ0) is 13.8. The molecule has 0 amide bonds. The SMILES string of the molecule is CC1CN(CC(O)c2ccc(C(N)=S)cc2)CCO1. The minimum Gasteiger partial charge on any atom is -0.389 e. The van der Waals surface area contributed by atoms with E-state index in [0.29, 0.717) is 11.5 Å². The van der Waals surface area contributed by atoms with Crippen molar-refractivity contribution in [3.05, 3.63) is 35.4 Å². The number of benzene rings is 1. The Kier molecular flexibility index (Phi) is 4.87. The lowest BCUT2D eigenvalue weighted by Gasteiger charge is -2.32. The molecule has 1 fully saturated rings. The maximum atomic E-state index is 10.2. The summed E-state index contributed by atoms with van der Waals surface area (Å²) in [5, 5.41) is 10.2. The van der Waals surface area contributed by atoms with Gasteiger partial charge in [0.25, 0.3) is 0 Å². The summed E-state index contributed by atoms with van der Waals surface area (Å²) < 4.78 is 5.49. The smallest absolute Gasteiger partial charge is 0.103 e. The number of hydrogen-bond acceptors (Lipinski definition) is 4. The summed E-state index contributed by atoms with van der Waals surface area (Å²) in [6.45, 7) is 5.14. The Morgan fingerprint density at radius 2 is 2.21 bits per heavy atom. The molecule has 0 spiro atoms. The quantitative estimate of drug-likeness (QED) is 0.808. The van der Waals surface area contributed by atoms with Crippen molar-refractivity contribution in [1.29, 1.82) is 0 Å². The van der Waals surface area contributed by atoms with Crippen molar-refractivity contribution in [1.82, 2.24) is 4.90 Å². The van der Waals surface area contributed by atoms with Crippen LogP contribution in [-0.2, 0) is 4.74 Å². The van der Waals surface area contributed by atoms with Gasteiger partial charge >= 0.3 is 0 Å². The molecule has 2 atom stereocenters. The van der Waals surface area contributed by atoms with E-state index in [1.54, 1.807) is 0 Å². The molecule has 3 N–H and O–H groups in total. The summed E-state index contributed by atoms with van der Waals surface area (Å²) in [5.41, 5.74) is 7.26. The predicted molar refractivity (Wildman–Crippen MR) is 79.1 cm³/mol. The van der Waals surface area contributed by atoms with Gasteiger partial charge in [0.15, 0.2) is 0 Å². The van der Waals surface area contributed by atoms with Crippen molar-refractivity contribution < 1.29 is 9.84 Å². The van der Waals surface area contributed by atoms with Gasteiger partial charge in [0.05, 0.1) is 18.8 Å². The Hall–Kier alpha value is -1.01. The van der Waals surface area contributed by atoms with Crippen LogP contribution in [0.4, 0.5) is 0 Å². The maximum absolute atomic E-state index is 10.2. The predicted octanol–water partition coefficient (Wildman–Crippen LogP) is 1.07. The maximum Gasteiger partial charge on any atom is 0.103 e. The Balaban J connectivity index is 1.95. The molecule has 1 aromatic rings. The fourth-order valence-corrected chi connectivity index (χ4v) is 2.41. The van der Waals surface area contributed by atoms with E-state index >= 15 is 0 Å². The average molecular weight is 280 g/mol. The number of nitrogens with zero attached hydrogens (tertiary/aromatic N) is 1. The van der Waals surface area contributed by atoms with E-state index < -0.39 is 6.10 Å². The topological polar surface area (TPSA) is 58.7 Å². The zero-order valence-corrected chi connectivity index (χ0v) is 11.9.